The van der Waals surface area contributed by atoms with Crippen LogP contribution in [0.5, 0.6) is 11.5 Å². The number of nitrogens with zero attached hydrogens (tertiary/aromatic N) is 1. The molecule has 0 amide bonds. The minimum Gasteiger partial charge on any atom is -0.497 e. The molecule has 0 radical (unpaired) electrons. The van der Waals surface area contributed by atoms with Crippen molar-refractivity contribution in [2.45, 2.75) is 6.92 Å². The number of methoxy groups -OCH3 is 2. The number of aromatic nitrogens is 1. The van der Waals surface area contributed by atoms with Gasteiger partial charge in [0.25, 0.3) is 0 Å². The first kappa shape index (κ1) is 15.9. The van der Waals surface area contributed by atoms with Gasteiger partial charge in [0.2, 0.25) is 5.89 Å². The molecular weight excluding hydrogens is 310 g/mol. The van der Waals surface area contributed by atoms with Crippen LogP contribution >= 0.6 is 0 Å². The maximum absolute atomic E-state index is 11.8. The highest BCUT2D eigenvalue weighted by molar-refractivity contribution is 5.93. The molecule has 1 aromatic heterocycles. The van der Waals surface area contributed by atoms with Crippen molar-refractivity contribution >= 4 is 17.1 Å². The number of carbonyl (C=O) groups is 1. The minimum atomic E-state index is -0.383. The number of ether oxygens (including phenoxy) is 3. The molecule has 0 unspecified atom stereocenters. The fourth-order valence-electron chi connectivity index (χ4n) is 2.36. The molecule has 2 aromatic carbocycles. The zero-order valence-electron chi connectivity index (χ0n) is 13.7. The van der Waals surface area contributed by atoms with E-state index >= 15 is 0 Å². The van der Waals surface area contributed by atoms with Gasteiger partial charge < -0.3 is 18.6 Å². The molecule has 0 spiro atoms. The van der Waals surface area contributed by atoms with Gasteiger partial charge in [-0.25, -0.2) is 9.78 Å². The van der Waals surface area contributed by atoms with E-state index in [0.717, 1.165) is 0 Å². The predicted molar refractivity (Wildman–Crippen MR) is 88.5 cm³/mol. The summed E-state index contributed by atoms with van der Waals surface area (Å²) >= 11 is 0. The second kappa shape index (κ2) is 6.62. The van der Waals surface area contributed by atoms with E-state index in [1.165, 1.54) is 0 Å². The second-order valence-corrected chi connectivity index (χ2v) is 4.99. The van der Waals surface area contributed by atoms with Gasteiger partial charge in [-0.15, -0.1) is 0 Å². The molecule has 0 aliphatic heterocycles. The Hall–Kier alpha value is -3.02. The monoisotopic (exact) mass is 327 g/mol. The van der Waals surface area contributed by atoms with E-state index in [2.05, 4.69) is 4.98 Å². The molecule has 6 heteroatoms. The number of oxazole rings is 1. The van der Waals surface area contributed by atoms with Crippen LogP contribution in [0.25, 0.3) is 22.6 Å². The molecule has 0 N–H and O–H groups in total. The highest BCUT2D eigenvalue weighted by Crippen LogP contribution is 2.34. The van der Waals surface area contributed by atoms with Crippen LogP contribution in [0.2, 0.25) is 0 Å². The van der Waals surface area contributed by atoms with E-state index in [-0.39, 0.29) is 5.97 Å². The van der Waals surface area contributed by atoms with Crippen LogP contribution in [0.15, 0.2) is 40.8 Å². The lowest BCUT2D eigenvalue weighted by Gasteiger charge is -2.07. The average molecular weight is 327 g/mol. The van der Waals surface area contributed by atoms with Crippen LogP contribution in [0.4, 0.5) is 0 Å². The minimum absolute atomic E-state index is 0.323. The van der Waals surface area contributed by atoms with Crippen molar-refractivity contribution < 1.29 is 23.4 Å². The highest BCUT2D eigenvalue weighted by atomic mass is 16.5. The largest absolute Gasteiger partial charge is 0.497 e. The number of fused-ring (bicyclic) bond motifs is 1. The second-order valence-electron chi connectivity index (χ2n) is 4.99. The van der Waals surface area contributed by atoms with Crippen molar-refractivity contribution in [3.8, 4) is 23.0 Å². The summed E-state index contributed by atoms with van der Waals surface area (Å²) in [6.07, 6.45) is 0. The third-order valence-electron chi connectivity index (χ3n) is 3.54. The fraction of sp³-hybridized carbons (Fsp3) is 0.222. The van der Waals surface area contributed by atoms with Crippen molar-refractivity contribution in [2.24, 2.45) is 0 Å². The Morgan fingerprint density at radius 1 is 1.12 bits per heavy atom. The Labute approximate surface area is 139 Å². The smallest absolute Gasteiger partial charge is 0.338 e. The lowest BCUT2D eigenvalue weighted by atomic mass is 10.2. The van der Waals surface area contributed by atoms with E-state index in [1.54, 1.807) is 51.5 Å². The van der Waals surface area contributed by atoms with Gasteiger partial charge in [0, 0.05) is 6.07 Å². The van der Waals surface area contributed by atoms with E-state index < -0.39 is 0 Å². The number of hydrogen-bond donors (Lipinski definition) is 0. The first-order chi connectivity index (χ1) is 11.7. The number of rotatable bonds is 5. The van der Waals surface area contributed by atoms with Crippen LogP contribution in [0, 0.1) is 0 Å². The van der Waals surface area contributed by atoms with E-state index in [9.17, 15) is 4.79 Å². The number of benzene rings is 2. The summed E-state index contributed by atoms with van der Waals surface area (Å²) < 4.78 is 21.3. The summed E-state index contributed by atoms with van der Waals surface area (Å²) in [4.78, 5) is 16.3. The van der Waals surface area contributed by atoms with Crippen LogP contribution < -0.4 is 9.47 Å². The summed E-state index contributed by atoms with van der Waals surface area (Å²) in [7, 11) is 3.16. The number of carbonyl (C=O) groups excluding carboxylic acids is 1. The van der Waals surface area contributed by atoms with Crippen molar-refractivity contribution in [3.63, 3.8) is 0 Å². The average Bonchev–Trinajstić information content (AvgIpc) is 3.04. The summed E-state index contributed by atoms with van der Waals surface area (Å²) in [6.45, 7) is 2.09. The molecule has 6 nitrogen and oxygen atoms in total. The number of esters is 1. The first-order valence-electron chi connectivity index (χ1n) is 7.46. The van der Waals surface area contributed by atoms with E-state index in [0.29, 0.717) is 46.2 Å². The Kier molecular flexibility index (Phi) is 4.37. The lowest BCUT2D eigenvalue weighted by Crippen LogP contribution is -2.03. The zero-order valence-corrected chi connectivity index (χ0v) is 13.7. The van der Waals surface area contributed by atoms with Gasteiger partial charge in [-0.2, -0.15) is 0 Å². The van der Waals surface area contributed by atoms with Crippen molar-refractivity contribution in [3.05, 3.63) is 42.0 Å². The quantitative estimate of drug-likeness (QED) is 0.666. The molecule has 0 aliphatic rings. The van der Waals surface area contributed by atoms with Crippen molar-refractivity contribution in [1.29, 1.82) is 0 Å². The van der Waals surface area contributed by atoms with Gasteiger partial charge in [-0.1, -0.05) is 0 Å². The SMILES string of the molecule is CCOC(=O)c1ccc2oc(-c3ccc(OC)cc3OC)nc2c1. The topological polar surface area (TPSA) is 70.8 Å². The van der Waals surface area contributed by atoms with Gasteiger partial charge in [-0.3, -0.25) is 0 Å². The zero-order chi connectivity index (χ0) is 17.1. The Morgan fingerprint density at radius 3 is 2.67 bits per heavy atom. The summed E-state index contributed by atoms with van der Waals surface area (Å²) in [6, 6.07) is 10.4. The van der Waals surface area contributed by atoms with Gasteiger partial charge in [0.15, 0.2) is 5.58 Å². The molecule has 0 bridgehead atoms. The fourth-order valence-corrected chi connectivity index (χ4v) is 2.36. The van der Waals surface area contributed by atoms with Gasteiger partial charge in [-0.05, 0) is 37.3 Å². The van der Waals surface area contributed by atoms with Gasteiger partial charge in [0.05, 0.1) is 32.0 Å². The maximum Gasteiger partial charge on any atom is 0.338 e. The molecule has 0 aliphatic carbocycles. The molecule has 0 saturated carbocycles. The Balaban J connectivity index is 2.03. The molecule has 3 rings (SSSR count). The van der Waals surface area contributed by atoms with E-state index in [4.69, 9.17) is 18.6 Å². The number of hydrogen-bond acceptors (Lipinski definition) is 6. The summed E-state index contributed by atoms with van der Waals surface area (Å²) in [5.74, 6) is 1.29. The normalized spacial score (nSPS) is 10.6. The molecule has 24 heavy (non-hydrogen) atoms. The lowest BCUT2D eigenvalue weighted by molar-refractivity contribution is 0.0526. The Bertz CT molecular complexity index is 884. The van der Waals surface area contributed by atoms with Crippen molar-refractivity contribution in [2.75, 3.05) is 20.8 Å². The standard InChI is InChI=1S/C18H17NO5/c1-4-23-18(20)11-5-8-15-14(9-11)19-17(24-15)13-7-6-12(21-2)10-16(13)22-3/h5-10H,4H2,1-3H3. The van der Waals surface area contributed by atoms with Crippen LogP contribution in [0.3, 0.4) is 0 Å². The third kappa shape index (κ3) is 2.90. The van der Waals surface area contributed by atoms with Crippen LogP contribution in [-0.4, -0.2) is 31.8 Å². The van der Waals surface area contributed by atoms with Gasteiger partial charge >= 0.3 is 5.97 Å². The van der Waals surface area contributed by atoms with Crippen LogP contribution in [-0.2, 0) is 4.74 Å². The molecule has 0 saturated heterocycles. The molecule has 1 heterocycles. The summed E-state index contributed by atoms with van der Waals surface area (Å²) in [5, 5.41) is 0. The van der Waals surface area contributed by atoms with Gasteiger partial charge in [0.1, 0.15) is 17.0 Å². The third-order valence-corrected chi connectivity index (χ3v) is 3.54. The molecule has 124 valence electrons. The summed E-state index contributed by atoms with van der Waals surface area (Å²) in [5.41, 5.74) is 2.29. The molecule has 0 atom stereocenters. The molecular formula is C18H17NO5. The molecule has 0 fully saturated rings. The Morgan fingerprint density at radius 2 is 1.96 bits per heavy atom. The first-order valence-corrected chi connectivity index (χ1v) is 7.46. The van der Waals surface area contributed by atoms with E-state index in [1.807, 2.05) is 6.07 Å². The van der Waals surface area contributed by atoms with Crippen molar-refractivity contribution in [1.82, 2.24) is 4.98 Å². The van der Waals surface area contributed by atoms with Crippen LogP contribution in [0.1, 0.15) is 17.3 Å². The maximum atomic E-state index is 11.8. The molecule has 3 aromatic rings. The predicted octanol–water partition coefficient (Wildman–Crippen LogP) is 3.69. The highest BCUT2D eigenvalue weighted by Gasteiger charge is 2.16.